The summed E-state index contributed by atoms with van der Waals surface area (Å²) >= 11 is 6.15. The van der Waals surface area contributed by atoms with Gasteiger partial charge in [0.1, 0.15) is 0 Å². The molecule has 1 N–H and O–H groups in total. The Morgan fingerprint density at radius 1 is 1.06 bits per heavy atom. The Morgan fingerprint density at radius 2 is 1.81 bits per heavy atom. The Bertz CT molecular complexity index is 928. The fourth-order valence-corrected chi connectivity index (χ4v) is 4.51. The van der Waals surface area contributed by atoms with Crippen LogP contribution in [0.1, 0.15) is 30.1 Å². The molecule has 4 rings (SSSR count). The van der Waals surface area contributed by atoms with Crippen LogP contribution in [0.25, 0.3) is 0 Å². The molecule has 1 atom stereocenters. The first-order valence-corrected chi connectivity index (χ1v) is 11.3. The Kier molecular flexibility index (Phi) is 6.78. The first kappa shape index (κ1) is 21.7. The summed E-state index contributed by atoms with van der Waals surface area (Å²) in [6, 6.07) is 15.8. The number of benzene rings is 2. The number of anilines is 2. The molecule has 0 bridgehead atoms. The summed E-state index contributed by atoms with van der Waals surface area (Å²) in [6.45, 7) is 7.19. The molecule has 2 fully saturated rings. The summed E-state index contributed by atoms with van der Waals surface area (Å²) in [5, 5.41) is 3.59. The number of carbonyl (C=O) groups excluding carboxylic acids is 2. The van der Waals surface area contributed by atoms with Crippen molar-refractivity contribution in [3.05, 3.63) is 59.1 Å². The molecule has 0 aromatic heterocycles. The minimum atomic E-state index is -0.166. The Labute approximate surface area is 188 Å². The van der Waals surface area contributed by atoms with Crippen molar-refractivity contribution < 1.29 is 9.59 Å². The predicted octanol–water partition coefficient (Wildman–Crippen LogP) is 3.41. The van der Waals surface area contributed by atoms with Crippen LogP contribution < -0.4 is 15.1 Å². The van der Waals surface area contributed by atoms with E-state index in [2.05, 4.69) is 46.3 Å². The van der Waals surface area contributed by atoms with E-state index in [0.29, 0.717) is 35.8 Å². The third kappa shape index (κ3) is 5.02. The van der Waals surface area contributed by atoms with Gasteiger partial charge in [0.2, 0.25) is 5.91 Å². The van der Waals surface area contributed by atoms with Gasteiger partial charge in [-0.05, 0) is 43.7 Å². The van der Waals surface area contributed by atoms with Gasteiger partial charge in [0.15, 0.2) is 0 Å². The molecule has 1 unspecified atom stereocenters. The van der Waals surface area contributed by atoms with Gasteiger partial charge >= 0.3 is 0 Å². The number of hydrogen-bond acceptors (Lipinski definition) is 4. The molecule has 2 aromatic carbocycles. The fourth-order valence-electron chi connectivity index (χ4n) is 4.35. The molecule has 0 spiro atoms. The maximum absolute atomic E-state index is 12.9. The molecule has 6 nitrogen and oxygen atoms in total. The molecule has 2 saturated heterocycles. The van der Waals surface area contributed by atoms with Crippen LogP contribution in [0, 0.1) is 0 Å². The van der Waals surface area contributed by atoms with Gasteiger partial charge in [-0.2, -0.15) is 0 Å². The second-order valence-electron chi connectivity index (χ2n) is 8.23. The third-order valence-electron chi connectivity index (χ3n) is 6.19. The number of amides is 2. The molecule has 0 saturated carbocycles. The van der Waals surface area contributed by atoms with Crippen LogP contribution >= 0.6 is 11.6 Å². The number of rotatable bonds is 6. The number of nitrogens with one attached hydrogen (secondary N) is 1. The van der Waals surface area contributed by atoms with Gasteiger partial charge in [0.25, 0.3) is 5.91 Å². The van der Waals surface area contributed by atoms with Crippen molar-refractivity contribution in [3.63, 3.8) is 0 Å². The highest BCUT2D eigenvalue weighted by molar-refractivity contribution is 6.31. The SMILES string of the molecule is CC(CNC(=O)c1ccc(Cl)cc1N1CCCC1=O)N1CCN(c2ccccc2)CC1. The fraction of sp³-hybridized carbons (Fsp3) is 0.417. The lowest BCUT2D eigenvalue weighted by molar-refractivity contribution is -0.117. The van der Waals surface area contributed by atoms with Gasteiger partial charge in [-0.15, -0.1) is 0 Å². The van der Waals surface area contributed by atoms with E-state index >= 15 is 0 Å². The smallest absolute Gasteiger partial charge is 0.253 e. The van der Waals surface area contributed by atoms with Crippen LogP contribution in [-0.2, 0) is 4.79 Å². The zero-order valence-electron chi connectivity index (χ0n) is 17.9. The standard InChI is InChI=1S/C24H29ClN4O2/c1-18(27-12-14-28(15-13-27)20-6-3-2-4-7-20)17-26-24(31)21-10-9-19(25)16-22(21)29-11-5-8-23(29)30/h2-4,6-7,9-10,16,18H,5,8,11-15,17H2,1H3,(H,26,31). The van der Waals surface area contributed by atoms with Crippen LogP contribution in [0.2, 0.25) is 5.02 Å². The highest BCUT2D eigenvalue weighted by Gasteiger charge is 2.27. The van der Waals surface area contributed by atoms with Crippen LogP contribution in [0.4, 0.5) is 11.4 Å². The zero-order chi connectivity index (χ0) is 21.8. The van der Waals surface area contributed by atoms with Crippen molar-refractivity contribution in [2.45, 2.75) is 25.8 Å². The highest BCUT2D eigenvalue weighted by atomic mass is 35.5. The summed E-state index contributed by atoms with van der Waals surface area (Å²) in [6.07, 6.45) is 1.32. The average Bonchev–Trinajstić information content (AvgIpc) is 3.23. The van der Waals surface area contributed by atoms with Crippen LogP contribution in [0.3, 0.4) is 0 Å². The number of nitrogens with zero attached hydrogens (tertiary/aromatic N) is 3. The molecular formula is C24H29ClN4O2. The van der Waals surface area contributed by atoms with Crippen molar-refractivity contribution in [2.75, 3.05) is 49.1 Å². The molecule has 31 heavy (non-hydrogen) atoms. The first-order chi connectivity index (χ1) is 15.0. The molecule has 7 heteroatoms. The van der Waals surface area contributed by atoms with Crippen LogP contribution in [0.5, 0.6) is 0 Å². The summed E-state index contributed by atoms with van der Waals surface area (Å²) in [5.74, 6) is -0.123. The number of hydrogen-bond donors (Lipinski definition) is 1. The quantitative estimate of drug-likeness (QED) is 0.747. The lowest BCUT2D eigenvalue weighted by Crippen LogP contribution is -2.52. The minimum absolute atomic E-state index is 0.0426. The number of carbonyl (C=O) groups is 2. The summed E-state index contributed by atoms with van der Waals surface area (Å²) in [4.78, 5) is 31.6. The van der Waals surface area contributed by atoms with Crippen molar-refractivity contribution in [1.82, 2.24) is 10.2 Å². The molecule has 2 aliphatic rings. The lowest BCUT2D eigenvalue weighted by atomic mass is 10.1. The lowest BCUT2D eigenvalue weighted by Gasteiger charge is -2.39. The molecule has 2 aliphatic heterocycles. The van der Waals surface area contributed by atoms with Gasteiger partial charge < -0.3 is 15.1 Å². The van der Waals surface area contributed by atoms with E-state index in [1.165, 1.54) is 5.69 Å². The second kappa shape index (κ2) is 9.71. The molecule has 0 radical (unpaired) electrons. The zero-order valence-corrected chi connectivity index (χ0v) is 18.6. The molecular weight excluding hydrogens is 412 g/mol. The molecule has 2 amide bonds. The van der Waals surface area contributed by atoms with E-state index in [1.807, 2.05) is 6.07 Å². The van der Waals surface area contributed by atoms with E-state index in [9.17, 15) is 9.59 Å². The number of halogens is 1. The maximum atomic E-state index is 12.9. The number of piperazine rings is 1. The average molecular weight is 441 g/mol. The summed E-state index contributed by atoms with van der Waals surface area (Å²) in [5.41, 5.74) is 2.37. The van der Waals surface area contributed by atoms with Crippen molar-refractivity contribution in [3.8, 4) is 0 Å². The monoisotopic (exact) mass is 440 g/mol. The van der Waals surface area contributed by atoms with Gasteiger partial charge in [-0.25, -0.2) is 0 Å². The highest BCUT2D eigenvalue weighted by Crippen LogP contribution is 2.28. The summed E-state index contributed by atoms with van der Waals surface area (Å²) in [7, 11) is 0. The van der Waals surface area contributed by atoms with Crippen LogP contribution in [-0.4, -0.2) is 62.0 Å². The van der Waals surface area contributed by atoms with Crippen molar-refractivity contribution in [1.29, 1.82) is 0 Å². The minimum Gasteiger partial charge on any atom is -0.369 e. The van der Waals surface area contributed by atoms with Gasteiger partial charge in [-0.1, -0.05) is 29.8 Å². The Morgan fingerprint density at radius 3 is 2.48 bits per heavy atom. The van der Waals surface area contributed by atoms with E-state index in [0.717, 1.165) is 32.6 Å². The molecule has 0 aliphatic carbocycles. The van der Waals surface area contributed by atoms with E-state index in [4.69, 9.17) is 11.6 Å². The normalized spacial score (nSPS) is 18.3. The van der Waals surface area contributed by atoms with Crippen molar-refractivity contribution in [2.24, 2.45) is 0 Å². The topological polar surface area (TPSA) is 55.9 Å². The molecule has 2 aromatic rings. The van der Waals surface area contributed by atoms with Gasteiger partial charge in [0, 0.05) is 62.4 Å². The predicted molar refractivity (Wildman–Crippen MR) is 125 cm³/mol. The van der Waals surface area contributed by atoms with Gasteiger partial charge in [-0.3, -0.25) is 14.5 Å². The molecule has 164 valence electrons. The van der Waals surface area contributed by atoms with Gasteiger partial charge in [0.05, 0.1) is 11.3 Å². The first-order valence-electron chi connectivity index (χ1n) is 10.9. The number of para-hydroxylation sites is 1. The van der Waals surface area contributed by atoms with E-state index in [-0.39, 0.29) is 17.9 Å². The van der Waals surface area contributed by atoms with E-state index in [1.54, 1.807) is 23.1 Å². The Balaban J connectivity index is 1.33. The Hall–Kier alpha value is -2.57. The largest absolute Gasteiger partial charge is 0.369 e. The second-order valence-corrected chi connectivity index (χ2v) is 8.66. The third-order valence-corrected chi connectivity index (χ3v) is 6.42. The van der Waals surface area contributed by atoms with Crippen LogP contribution in [0.15, 0.2) is 48.5 Å². The summed E-state index contributed by atoms with van der Waals surface area (Å²) < 4.78 is 0. The molecule has 2 heterocycles. The maximum Gasteiger partial charge on any atom is 0.253 e. The van der Waals surface area contributed by atoms with E-state index < -0.39 is 0 Å². The van der Waals surface area contributed by atoms with Crippen molar-refractivity contribution >= 4 is 34.8 Å².